The van der Waals surface area contributed by atoms with Gasteiger partial charge in [0.1, 0.15) is 0 Å². The molecule has 2 heterocycles. The Morgan fingerprint density at radius 2 is 2.00 bits per heavy atom. The lowest BCUT2D eigenvalue weighted by molar-refractivity contribution is -0.133. The summed E-state index contributed by atoms with van der Waals surface area (Å²) >= 11 is 0. The van der Waals surface area contributed by atoms with Crippen molar-refractivity contribution in [1.82, 2.24) is 9.47 Å². The molecule has 1 aliphatic rings. The summed E-state index contributed by atoms with van der Waals surface area (Å²) in [6, 6.07) is 12.8. The van der Waals surface area contributed by atoms with Gasteiger partial charge in [0.2, 0.25) is 0 Å². The zero-order valence-corrected chi connectivity index (χ0v) is 16.9. The van der Waals surface area contributed by atoms with Crippen LogP contribution < -0.4 is 0 Å². The van der Waals surface area contributed by atoms with Crippen molar-refractivity contribution in [2.24, 2.45) is 0 Å². The minimum absolute atomic E-state index is 0.520. The van der Waals surface area contributed by atoms with Gasteiger partial charge in [-0.05, 0) is 49.4 Å². The van der Waals surface area contributed by atoms with Crippen LogP contribution >= 0.6 is 0 Å². The molecule has 1 N–H and O–H groups in total. The Hall–Kier alpha value is -2.59. The molecule has 0 unspecified atom stereocenters. The summed E-state index contributed by atoms with van der Waals surface area (Å²) in [6.45, 7) is 7.69. The van der Waals surface area contributed by atoms with E-state index in [1.807, 2.05) is 6.08 Å². The fourth-order valence-electron chi connectivity index (χ4n) is 3.87. The van der Waals surface area contributed by atoms with E-state index in [0.29, 0.717) is 12.1 Å². The normalized spacial score (nSPS) is 15.5. The Labute approximate surface area is 167 Å². The number of hydrogen-bond donors (Lipinski definition) is 1. The molecule has 0 fully saturated rings. The molecule has 28 heavy (non-hydrogen) atoms. The number of aryl methyl sites for hydroxylation is 2. The number of rotatable bonds is 8. The monoisotopic (exact) mass is 378 g/mol. The molecule has 148 valence electrons. The number of aliphatic carboxylic acids is 1. The van der Waals surface area contributed by atoms with Crippen LogP contribution in [0, 0.1) is 6.92 Å². The van der Waals surface area contributed by atoms with Gasteiger partial charge in [0.15, 0.2) is 0 Å². The molecule has 3 rings (SSSR count). The SMILES string of the molecule is CCCn1cccc1C(=CCCN1CCC=C(C(=O)O)C1)c1ccccc1C. The molecule has 0 aliphatic carbocycles. The van der Waals surface area contributed by atoms with E-state index in [0.717, 1.165) is 38.9 Å². The largest absolute Gasteiger partial charge is 0.478 e. The molecule has 0 bridgehead atoms. The first kappa shape index (κ1) is 20.2. The average Bonchev–Trinajstić information content (AvgIpc) is 3.15. The Morgan fingerprint density at radius 1 is 1.18 bits per heavy atom. The minimum atomic E-state index is -0.793. The summed E-state index contributed by atoms with van der Waals surface area (Å²) in [6.07, 6.45) is 9.14. The molecule has 0 spiro atoms. The molecule has 0 radical (unpaired) electrons. The van der Waals surface area contributed by atoms with Crippen LogP contribution in [0.3, 0.4) is 0 Å². The molecule has 0 saturated heterocycles. The van der Waals surface area contributed by atoms with Crippen LogP contribution in [0.2, 0.25) is 0 Å². The molecule has 1 aromatic heterocycles. The Kier molecular flexibility index (Phi) is 6.88. The third-order valence-electron chi connectivity index (χ3n) is 5.30. The van der Waals surface area contributed by atoms with E-state index in [4.69, 9.17) is 0 Å². The van der Waals surface area contributed by atoms with E-state index in [9.17, 15) is 9.90 Å². The van der Waals surface area contributed by atoms with Crippen LogP contribution in [-0.2, 0) is 11.3 Å². The minimum Gasteiger partial charge on any atom is -0.478 e. The molecule has 4 heteroatoms. The highest BCUT2D eigenvalue weighted by Crippen LogP contribution is 2.27. The molecule has 1 aliphatic heterocycles. The zero-order chi connectivity index (χ0) is 19.9. The van der Waals surface area contributed by atoms with Crippen molar-refractivity contribution < 1.29 is 9.90 Å². The number of aromatic nitrogens is 1. The molecule has 0 atom stereocenters. The van der Waals surface area contributed by atoms with Crippen LogP contribution in [0.4, 0.5) is 0 Å². The second-order valence-electron chi connectivity index (χ2n) is 7.41. The van der Waals surface area contributed by atoms with Gasteiger partial charge in [-0.1, -0.05) is 43.3 Å². The van der Waals surface area contributed by atoms with Gasteiger partial charge >= 0.3 is 5.97 Å². The summed E-state index contributed by atoms with van der Waals surface area (Å²) in [5, 5.41) is 9.25. The van der Waals surface area contributed by atoms with Gasteiger partial charge in [0.25, 0.3) is 0 Å². The maximum absolute atomic E-state index is 11.2. The van der Waals surface area contributed by atoms with E-state index in [1.54, 1.807) is 0 Å². The maximum Gasteiger partial charge on any atom is 0.332 e. The molecule has 0 amide bonds. The Bertz CT molecular complexity index is 876. The molecule has 0 saturated carbocycles. The van der Waals surface area contributed by atoms with Crippen LogP contribution in [0.5, 0.6) is 0 Å². The fourth-order valence-corrected chi connectivity index (χ4v) is 3.87. The number of carboxylic acid groups (broad SMARTS) is 1. The summed E-state index contributed by atoms with van der Waals surface area (Å²) in [4.78, 5) is 13.5. The van der Waals surface area contributed by atoms with E-state index in [2.05, 4.69) is 72.0 Å². The Morgan fingerprint density at radius 3 is 2.75 bits per heavy atom. The highest BCUT2D eigenvalue weighted by atomic mass is 16.4. The highest BCUT2D eigenvalue weighted by molar-refractivity contribution is 5.87. The van der Waals surface area contributed by atoms with Crippen molar-refractivity contribution in [3.8, 4) is 0 Å². The second kappa shape index (κ2) is 9.56. The first-order chi connectivity index (χ1) is 13.6. The zero-order valence-electron chi connectivity index (χ0n) is 16.9. The van der Waals surface area contributed by atoms with Gasteiger partial charge in [-0.15, -0.1) is 0 Å². The first-order valence-electron chi connectivity index (χ1n) is 10.2. The predicted octanol–water partition coefficient (Wildman–Crippen LogP) is 4.75. The number of hydrogen-bond acceptors (Lipinski definition) is 2. The summed E-state index contributed by atoms with van der Waals surface area (Å²) in [7, 11) is 0. The third kappa shape index (κ3) is 4.82. The predicted molar refractivity (Wildman–Crippen MR) is 114 cm³/mol. The number of carboxylic acids is 1. The molecule has 1 aromatic carbocycles. The van der Waals surface area contributed by atoms with Gasteiger partial charge in [-0.3, -0.25) is 4.90 Å². The molecule has 4 nitrogen and oxygen atoms in total. The summed E-state index contributed by atoms with van der Waals surface area (Å²) in [5.74, 6) is -0.793. The van der Waals surface area contributed by atoms with Crippen molar-refractivity contribution in [2.75, 3.05) is 19.6 Å². The number of carbonyl (C=O) groups is 1. The maximum atomic E-state index is 11.2. The van der Waals surface area contributed by atoms with Gasteiger partial charge < -0.3 is 9.67 Å². The lowest BCUT2D eigenvalue weighted by Gasteiger charge is -2.25. The van der Waals surface area contributed by atoms with Crippen molar-refractivity contribution in [1.29, 1.82) is 0 Å². The fraction of sp³-hybridized carbons (Fsp3) is 0.375. The van der Waals surface area contributed by atoms with E-state index >= 15 is 0 Å². The van der Waals surface area contributed by atoms with E-state index in [-0.39, 0.29) is 0 Å². The summed E-state index contributed by atoms with van der Waals surface area (Å²) in [5.41, 5.74) is 5.57. The van der Waals surface area contributed by atoms with Crippen LogP contribution in [0.25, 0.3) is 5.57 Å². The first-order valence-corrected chi connectivity index (χ1v) is 10.2. The molecular formula is C24H30N2O2. The third-order valence-corrected chi connectivity index (χ3v) is 5.30. The van der Waals surface area contributed by atoms with E-state index < -0.39 is 5.97 Å². The van der Waals surface area contributed by atoms with Gasteiger partial charge in [-0.25, -0.2) is 4.79 Å². The van der Waals surface area contributed by atoms with Crippen LogP contribution in [0.1, 0.15) is 43.0 Å². The lowest BCUT2D eigenvalue weighted by atomic mass is 9.96. The quantitative estimate of drug-likeness (QED) is 0.721. The van der Waals surface area contributed by atoms with Crippen molar-refractivity contribution in [2.45, 2.75) is 39.7 Å². The topological polar surface area (TPSA) is 45.5 Å². The number of benzene rings is 1. The van der Waals surface area contributed by atoms with E-state index in [1.165, 1.54) is 22.4 Å². The highest BCUT2D eigenvalue weighted by Gasteiger charge is 2.17. The van der Waals surface area contributed by atoms with Crippen molar-refractivity contribution in [3.63, 3.8) is 0 Å². The average molecular weight is 379 g/mol. The standard InChI is InChI=1S/C24H30N2O2/c1-3-14-26-17-8-13-23(26)22(21-11-5-4-9-19(21)2)12-7-16-25-15-6-10-20(18-25)24(27)28/h4-5,8-13,17H,3,6-7,14-16,18H2,1-2H3,(H,27,28). The van der Waals surface area contributed by atoms with Crippen molar-refractivity contribution >= 4 is 11.5 Å². The van der Waals surface area contributed by atoms with Crippen LogP contribution in [-0.4, -0.2) is 40.2 Å². The van der Waals surface area contributed by atoms with Gasteiger partial charge in [-0.2, -0.15) is 0 Å². The molecule has 2 aromatic rings. The van der Waals surface area contributed by atoms with Gasteiger partial charge in [0.05, 0.1) is 0 Å². The smallest absolute Gasteiger partial charge is 0.332 e. The lowest BCUT2D eigenvalue weighted by Crippen LogP contribution is -2.32. The number of nitrogens with zero attached hydrogens (tertiary/aromatic N) is 2. The second-order valence-corrected chi connectivity index (χ2v) is 7.41. The molecular weight excluding hydrogens is 348 g/mol. The van der Waals surface area contributed by atoms with Crippen molar-refractivity contribution in [3.05, 3.63) is 77.1 Å². The Balaban J connectivity index is 1.81. The van der Waals surface area contributed by atoms with Crippen LogP contribution in [0.15, 0.2) is 60.3 Å². The summed E-state index contributed by atoms with van der Waals surface area (Å²) < 4.78 is 2.32. The van der Waals surface area contributed by atoms with Gasteiger partial charge in [0, 0.05) is 49.2 Å².